The highest BCUT2D eigenvalue weighted by molar-refractivity contribution is 9.09. The van der Waals surface area contributed by atoms with Gasteiger partial charge in [0.1, 0.15) is 6.10 Å². The first-order chi connectivity index (χ1) is 7.70. The van der Waals surface area contributed by atoms with Crippen LogP contribution in [0, 0.1) is 0 Å². The number of aliphatic hydroxyl groups excluding tert-OH is 1. The van der Waals surface area contributed by atoms with Gasteiger partial charge in [0.05, 0.1) is 18.5 Å². The van der Waals surface area contributed by atoms with Crippen molar-refractivity contribution in [1.29, 1.82) is 0 Å². The Morgan fingerprint density at radius 1 is 1.44 bits per heavy atom. The van der Waals surface area contributed by atoms with Crippen LogP contribution in [0.2, 0.25) is 5.02 Å². The highest BCUT2D eigenvalue weighted by atomic mass is 79.9. The zero-order valence-electron chi connectivity index (χ0n) is 8.53. The van der Waals surface area contributed by atoms with Crippen LogP contribution in [0.3, 0.4) is 0 Å². The maximum atomic E-state index is 9.04. The topological polar surface area (TPSA) is 38.7 Å². The molecule has 2 atom stereocenters. The molecule has 0 radical (unpaired) electrons. The lowest BCUT2D eigenvalue weighted by atomic mass is 10.1. The molecule has 16 heavy (non-hydrogen) atoms. The van der Waals surface area contributed by atoms with E-state index in [1.807, 2.05) is 12.1 Å². The number of aliphatic hydroxyl groups is 1. The number of rotatable bonds is 3. The van der Waals surface area contributed by atoms with Gasteiger partial charge in [-0.15, -0.1) is 0 Å². The van der Waals surface area contributed by atoms with Crippen LogP contribution in [-0.2, 0) is 15.3 Å². The minimum absolute atomic E-state index is 0.0393. The van der Waals surface area contributed by atoms with Crippen molar-refractivity contribution in [3.8, 4) is 0 Å². The zero-order chi connectivity index (χ0) is 11.6. The molecule has 0 bridgehead atoms. The molecule has 0 spiro atoms. The van der Waals surface area contributed by atoms with Crippen LogP contribution in [0.15, 0.2) is 24.3 Å². The monoisotopic (exact) mass is 306 g/mol. The van der Waals surface area contributed by atoms with Crippen LogP contribution in [0.25, 0.3) is 0 Å². The summed E-state index contributed by atoms with van der Waals surface area (Å²) in [6, 6.07) is 7.31. The van der Waals surface area contributed by atoms with Gasteiger partial charge in [-0.25, -0.2) is 0 Å². The lowest BCUT2D eigenvalue weighted by molar-refractivity contribution is -0.160. The third-order valence-corrected chi connectivity index (χ3v) is 3.51. The first kappa shape index (κ1) is 12.3. The molecule has 2 rings (SSSR count). The van der Waals surface area contributed by atoms with Crippen LogP contribution in [-0.4, -0.2) is 29.8 Å². The second-order valence-electron chi connectivity index (χ2n) is 3.63. The van der Waals surface area contributed by atoms with Crippen molar-refractivity contribution in [1.82, 2.24) is 0 Å². The lowest BCUT2D eigenvalue weighted by Gasteiger charge is -2.26. The smallest absolute Gasteiger partial charge is 0.205 e. The zero-order valence-corrected chi connectivity index (χ0v) is 10.9. The van der Waals surface area contributed by atoms with Gasteiger partial charge in [0.25, 0.3) is 0 Å². The van der Waals surface area contributed by atoms with E-state index in [1.54, 1.807) is 12.1 Å². The summed E-state index contributed by atoms with van der Waals surface area (Å²) in [5, 5.41) is 10.2. The fraction of sp³-hybridized carbons (Fsp3) is 0.455. The standard InChI is InChI=1S/C11H12BrClO3/c12-7-11(15-6-10(5-14)16-11)8-1-3-9(13)4-2-8/h1-4,10,14H,5-7H2/t10-,11-/m0/s1. The summed E-state index contributed by atoms with van der Waals surface area (Å²) in [7, 11) is 0. The summed E-state index contributed by atoms with van der Waals surface area (Å²) in [5.74, 6) is -0.808. The van der Waals surface area contributed by atoms with Gasteiger partial charge in [-0.3, -0.25) is 0 Å². The van der Waals surface area contributed by atoms with Crippen LogP contribution >= 0.6 is 27.5 Å². The summed E-state index contributed by atoms with van der Waals surface area (Å²) < 4.78 is 11.4. The molecule has 0 saturated carbocycles. The van der Waals surface area contributed by atoms with Crippen molar-refractivity contribution in [2.75, 3.05) is 18.5 Å². The molecule has 1 aromatic rings. The molecule has 3 nitrogen and oxygen atoms in total. The molecule has 1 aliphatic rings. The van der Waals surface area contributed by atoms with E-state index < -0.39 is 5.79 Å². The predicted molar refractivity (Wildman–Crippen MR) is 64.8 cm³/mol. The molecule has 1 saturated heterocycles. The summed E-state index contributed by atoms with van der Waals surface area (Å²) in [6.07, 6.45) is -0.270. The van der Waals surface area contributed by atoms with Gasteiger partial charge < -0.3 is 14.6 Å². The van der Waals surface area contributed by atoms with Gasteiger partial charge in [0, 0.05) is 10.6 Å². The maximum Gasteiger partial charge on any atom is 0.205 e. The number of alkyl halides is 1. The van der Waals surface area contributed by atoms with Gasteiger partial charge in [-0.1, -0.05) is 39.7 Å². The Kier molecular flexibility index (Phi) is 3.87. The predicted octanol–water partition coefficient (Wildman–Crippen LogP) is 2.30. The molecule has 0 amide bonds. The van der Waals surface area contributed by atoms with Crippen LogP contribution < -0.4 is 0 Å². The number of hydrogen-bond acceptors (Lipinski definition) is 3. The normalized spacial score (nSPS) is 29.6. The van der Waals surface area contributed by atoms with Crippen molar-refractivity contribution < 1.29 is 14.6 Å². The Bertz CT molecular complexity index is 357. The van der Waals surface area contributed by atoms with E-state index >= 15 is 0 Å². The molecule has 1 aromatic carbocycles. The van der Waals surface area contributed by atoms with Gasteiger partial charge >= 0.3 is 0 Å². The summed E-state index contributed by atoms with van der Waals surface area (Å²) in [4.78, 5) is 0. The number of benzene rings is 1. The van der Waals surface area contributed by atoms with Crippen LogP contribution in [0.5, 0.6) is 0 Å². The molecule has 1 fully saturated rings. The van der Waals surface area contributed by atoms with Crippen LogP contribution in [0.4, 0.5) is 0 Å². The second-order valence-corrected chi connectivity index (χ2v) is 4.62. The van der Waals surface area contributed by atoms with Gasteiger partial charge in [0.15, 0.2) is 0 Å². The summed E-state index contributed by atoms with van der Waals surface area (Å²) in [6.45, 7) is 0.354. The molecule has 5 heteroatoms. The number of hydrogen-bond donors (Lipinski definition) is 1. The first-order valence-corrected chi connectivity index (χ1v) is 6.45. The molecular weight excluding hydrogens is 295 g/mol. The van der Waals surface area contributed by atoms with Gasteiger partial charge in [-0.2, -0.15) is 0 Å². The Morgan fingerprint density at radius 3 is 2.62 bits per heavy atom. The van der Waals surface area contributed by atoms with Crippen molar-refractivity contribution in [3.05, 3.63) is 34.9 Å². The van der Waals surface area contributed by atoms with E-state index in [-0.39, 0.29) is 12.7 Å². The number of halogens is 2. The van der Waals surface area contributed by atoms with E-state index in [4.69, 9.17) is 26.2 Å². The Balaban J connectivity index is 2.25. The van der Waals surface area contributed by atoms with Gasteiger partial charge in [-0.05, 0) is 12.1 Å². The Labute approximate surface area is 107 Å². The average molecular weight is 308 g/mol. The second kappa shape index (κ2) is 5.02. The van der Waals surface area contributed by atoms with E-state index in [2.05, 4.69) is 15.9 Å². The fourth-order valence-electron chi connectivity index (χ4n) is 1.66. The third-order valence-electron chi connectivity index (χ3n) is 2.52. The summed E-state index contributed by atoms with van der Waals surface area (Å²) in [5.41, 5.74) is 0.893. The number of ether oxygens (including phenoxy) is 2. The lowest BCUT2D eigenvalue weighted by Crippen LogP contribution is -2.30. The van der Waals surface area contributed by atoms with E-state index in [0.717, 1.165) is 5.56 Å². The molecular formula is C11H12BrClO3. The molecule has 0 unspecified atom stereocenters. The van der Waals surface area contributed by atoms with E-state index in [1.165, 1.54) is 0 Å². The molecule has 88 valence electrons. The SMILES string of the molecule is OC[C@H]1CO[C@](CBr)(c2ccc(Cl)cc2)O1. The molecule has 1 heterocycles. The maximum absolute atomic E-state index is 9.04. The largest absolute Gasteiger partial charge is 0.394 e. The average Bonchev–Trinajstić information content (AvgIpc) is 2.75. The molecule has 1 aliphatic heterocycles. The Hall–Kier alpha value is -0.130. The minimum Gasteiger partial charge on any atom is -0.394 e. The van der Waals surface area contributed by atoms with Crippen molar-refractivity contribution in [2.45, 2.75) is 11.9 Å². The third kappa shape index (κ3) is 2.26. The van der Waals surface area contributed by atoms with E-state index in [9.17, 15) is 0 Å². The van der Waals surface area contributed by atoms with Crippen molar-refractivity contribution in [3.63, 3.8) is 0 Å². The quantitative estimate of drug-likeness (QED) is 0.871. The summed E-state index contributed by atoms with van der Waals surface area (Å²) >= 11 is 9.21. The van der Waals surface area contributed by atoms with Crippen molar-refractivity contribution in [2.24, 2.45) is 0 Å². The molecule has 0 aliphatic carbocycles. The first-order valence-electron chi connectivity index (χ1n) is 4.95. The minimum atomic E-state index is -0.808. The highest BCUT2D eigenvalue weighted by Gasteiger charge is 2.42. The van der Waals surface area contributed by atoms with Gasteiger partial charge in [0.2, 0.25) is 5.79 Å². The van der Waals surface area contributed by atoms with Crippen LogP contribution in [0.1, 0.15) is 5.56 Å². The molecule has 0 aromatic heterocycles. The Morgan fingerprint density at radius 2 is 2.12 bits per heavy atom. The molecule has 1 N–H and O–H groups in total. The van der Waals surface area contributed by atoms with Crippen molar-refractivity contribution >= 4 is 27.5 Å². The van der Waals surface area contributed by atoms with E-state index in [0.29, 0.717) is 17.0 Å². The fourth-order valence-corrected chi connectivity index (χ4v) is 2.40. The highest BCUT2D eigenvalue weighted by Crippen LogP contribution is 2.36.